The number of amides is 1. The maximum absolute atomic E-state index is 12.9. The van der Waals surface area contributed by atoms with E-state index in [1.807, 2.05) is 24.3 Å². The van der Waals surface area contributed by atoms with Gasteiger partial charge in [-0.1, -0.05) is 26.0 Å². The highest BCUT2D eigenvalue weighted by molar-refractivity contribution is 5.97. The summed E-state index contributed by atoms with van der Waals surface area (Å²) in [6.45, 7) is 6.98. The molecule has 2 aliphatic rings. The standard InChI is InChI=1S/C19H25N5O2/c1-13(2)18-9-23-8-14(7-15(23)10-26-18)22-19(25)16-5-3-4-6-17(16)24-12-20-11-21-24/h3-6,11-15,18H,7-10H2,1-2H3,(H,22,25)/t14-,15-,18-/m0/s1. The third-order valence-electron chi connectivity index (χ3n) is 5.34. The minimum absolute atomic E-state index is 0.0673. The number of fused-ring (bicyclic) bond motifs is 1. The lowest BCUT2D eigenvalue weighted by Crippen LogP contribution is -2.48. The Morgan fingerprint density at radius 1 is 1.31 bits per heavy atom. The molecule has 1 aromatic heterocycles. The summed E-state index contributed by atoms with van der Waals surface area (Å²) < 4.78 is 7.61. The van der Waals surface area contributed by atoms with Crippen molar-refractivity contribution in [3.8, 4) is 5.69 Å². The van der Waals surface area contributed by atoms with Gasteiger partial charge in [-0.3, -0.25) is 9.69 Å². The molecule has 3 atom stereocenters. The van der Waals surface area contributed by atoms with Gasteiger partial charge in [-0.25, -0.2) is 9.67 Å². The van der Waals surface area contributed by atoms with Crippen LogP contribution >= 0.6 is 0 Å². The first-order valence-corrected chi connectivity index (χ1v) is 9.22. The highest BCUT2D eigenvalue weighted by atomic mass is 16.5. The normalized spacial score (nSPS) is 26.0. The van der Waals surface area contributed by atoms with Crippen LogP contribution in [0, 0.1) is 5.92 Å². The van der Waals surface area contributed by atoms with Crippen molar-refractivity contribution in [1.29, 1.82) is 0 Å². The summed E-state index contributed by atoms with van der Waals surface area (Å²) in [6.07, 6.45) is 4.29. The van der Waals surface area contributed by atoms with Crippen molar-refractivity contribution in [3.63, 3.8) is 0 Å². The van der Waals surface area contributed by atoms with Gasteiger partial charge in [0.15, 0.2) is 0 Å². The lowest BCUT2D eigenvalue weighted by molar-refractivity contribution is -0.0683. The number of hydrogen-bond acceptors (Lipinski definition) is 5. The maximum Gasteiger partial charge on any atom is 0.253 e. The molecule has 1 amide bonds. The number of nitrogens with one attached hydrogen (secondary N) is 1. The molecule has 0 bridgehead atoms. The van der Waals surface area contributed by atoms with Gasteiger partial charge in [0.25, 0.3) is 5.91 Å². The molecule has 2 aliphatic heterocycles. The monoisotopic (exact) mass is 355 g/mol. The van der Waals surface area contributed by atoms with E-state index in [1.165, 1.54) is 6.33 Å². The molecule has 2 saturated heterocycles. The molecule has 2 fully saturated rings. The van der Waals surface area contributed by atoms with Crippen LogP contribution in [0.1, 0.15) is 30.6 Å². The SMILES string of the molecule is CC(C)[C@@H]1CN2C[C@@H](NC(=O)c3ccccc3-n3cncn3)C[C@H]2CO1. The fraction of sp³-hybridized carbons (Fsp3) is 0.526. The molecule has 3 heterocycles. The number of para-hydroxylation sites is 1. The molecule has 2 aromatic rings. The average molecular weight is 355 g/mol. The third-order valence-corrected chi connectivity index (χ3v) is 5.34. The number of benzene rings is 1. The van der Waals surface area contributed by atoms with E-state index in [9.17, 15) is 4.79 Å². The molecule has 4 rings (SSSR count). The molecule has 0 spiro atoms. The van der Waals surface area contributed by atoms with Crippen molar-refractivity contribution in [2.24, 2.45) is 5.92 Å². The smallest absolute Gasteiger partial charge is 0.253 e. The first-order chi connectivity index (χ1) is 12.6. The van der Waals surface area contributed by atoms with E-state index < -0.39 is 0 Å². The summed E-state index contributed by atoms with van der Waals surface area (Å²) in [6, 6.07) is 8.02. The Labute approximate surface area is 153 Å². The summed E-state index contributed by atoms with van der Waals surface area (Å²) >= 11 is 0. The maximum atomic E-state index is 12.9. The van der Waals surface area contributed by atoms with Gasteiger partial charge in [0.2, 0.25) is 0 Å². The largest absolute Gasteiger partial charge is 0.375 e. The zero-order chi connectivity index (χ0) is 18.1. The summed E-state index contributed by atoms with van der Waals surface area (Å²) in [5.41, 5.74) is 1.35. The molecule has 138 valence electrons. The second kappa shape index (κ2) is 7.17. The summed E-state index contributed by atoms with van der Waals surface area (Å²) in [5, 5.41) is 7.35. The van der Waals surface area contributed by atoms with Gasteiger partial charge in [0.05, 0.1) is 24.0 Å². The van der Waals surface area contributed by atoms with Gasteiger partial charge < -0.3 is 10.1 Å². The molecule has 0 unspecified atom stereocenters. The number of nitrogens with zero attached hydrogens (tertiary/aromatic N) is 4. The first-order valence-electron chi connectivity index (χ1n) is 9.22. The Kier molecular flexibility index (Phi) is 4.74. The highest BCUT2D eigenvalue weighted by Crippen LogP contribution is 2.26. The van der Waals surface area contributed by atoms with Gasteiger partial charge in [0, 0.05) is 25.2 Å². The first kappa shape index (κ1) is 17.2. The number of ether oxygens (including phenoxy) is 1. The number of carbonyl (C=O) groups is 1. The van der Waals surface area contributed by atoms with Crippen LogP contribution in [0.2, 0.25) is 0 Å². The topological polar surface area (TPSA) is 72.3 Å². The van der Waals surface area contributed by atoms with Crippen molar-refractivity contribution in [2.75, 3.05) is 19.7 Å². The number of aromatic nitrogens is 3. The molecule has 0 radical (unpaired) electrons. The molecular weight excluding hydrogens is 330 g/mol. The molecule has 0 aliphatic carbocycles. The zero-order valence-electron chi connectivity index (χ0n) is 15.2. The van der Waals surface area contributed by atoms with Crippen LogP contribution in [-0.2, 0) is 4.74 Å². The van der Waals surface area contributed by atoms with E-state index in [0.29, 0.717) is 17.5 Å². The van der Waals surface area contributed by atoms with Gasteiger partial charge in [-0.05, 0) is 24.5 Å². The molecule has 7 nitrogen and oxygen atoms in total. The predicted molar refractivity (Wildman–Crippen MR) is 97.2 cm³/mol. The number of hydrogen-bond donors (Lipinski definition) is 1. The van der Waals surface area contributed by atoms with E-state index >= 15 is 0 Å². The molecular formula is C19H25N5O2. The highest BCUT2D eigenvalue weighted by Gasteiger charge is 2.38. The quantitative estimate of drug-likeness (QED) is 0.900. The second-order valence-electron chi connectivity index (χ2n) is 7.49. The van der Waals surface area contributed by atoms with Gasteiger partial charge >= 0.3 is 0 Å². The van der Waals surface area contributed by atoms with Crippen molar-refractivity contribution in [2.45, 2.75) is 38.5 Å². The minimum Gasteiger partial charge on any atom is -0.375 e. The fourth-order valence-corrected chi connectivity index (χ4v) is 3.87. The lowest BCUT2D eigenvalue weighted by atomic mass is 10.0. The molecule has 26 heavy (non-hydrogen) atoms. The van der Waals surface area contributed by atoms with Crippen LogP contribution in [0.5, 0.6) is 0 Å². The summed E-state index contributed by atoms with van der Waals surface area (Å²) in [5.74, 6) is 0.446. The van der Waals surface area contributed by atoms with Crippen LogP contribution in [0.3, 0.4) is 0 Å². The van der Waals surface area contributed by atoms with E-state index in [4.69, 9.17) is 4.74 Å². The predicted octanol–water partition coefficient (Wildman–Crippen LogP) is 1.49. The van der Waals surface area contributed by atoms with Crippen LogP contribution < -0.4 is 5.32 Å². The Morgan fingerprint density at radius 3 is 2.92 bits per heavy atom. The number of morpholine rings is 1. The molecule has 1 N–H and O–H groups in total. The van der Waals surface area contributed by atoms with Crippen LogP contribution in [0.4, 0.5) is 0 Å². The van der Waals surface area contributed by atoms with Crippen LogP contribution in [0.15, 0.2) is 36.9 Å². The van der Waals surface area contributed by atoms with Crippen LogP contribution in [0.25, 0.3) is 5.69 Å². The van der Waals surface area contributed by atoms with Crippen molar-refractivity contribution < 1.29 is 9.53 Å². The molecule has 1 aromatic carbocycles. The summed E-state index contributed by atoms with van der Waals surface area (Å²) in [7, 11) is 0. The van der Waals surface area contributed by atoms with Gasteiger partial charge in [0.1, 0.15) is 12.7 Å². The Bertz CT molecular complexity index is 761. The molecule has 7 heteroatoms. The van der Waals surface area contributed by atoms with Gasteiger partial charge in [-0.2, -0.15) is 5.10 Å². The average Bonchev–Trinajstić information content (AvgIpc) is 3.30. The van der Waals surface area contributed by atoms with E-state index in [0.717, 1.165) is 31.8 Å². The zero-order valence-corrected chi connectivity index (χ0v) is 15.2. The Hall–Kier alpha value is -2.25. The van der Waals surface area contributed by atoms with Crippen molar-refractivity contribution in [3.05, 3.63) is 42.5 Å². The number of rotatable bonds is 4. The van der Waals surface area contributed by atoms with E-state index in [2.05, 4.69) is 34.1 Å². The summed E-state index contributed by atoms with van der Waals surface area (Å²) in [4.78, 5) is 19.3. The molecule has 0 saturated carbocycles. The number of carbonyl (C=O) groups excluding carboxylic acids is 1. The Balaban J connectivity index is 1.44. The van der Waals surface area contributed by atoms with Crippen LogP contribution in [-0.4, -0.2) is 63.5 Å². The third kappa shape index (κ3) is 3.37. The second-order valence-corrected chi connectivity index (χ2v) is 7.49. The lowest BCUT2D eigenvalue weighted by Gasteiger charge is -2.36. The van der Waals surface area contributed by atoms with E-state index in [-0.39, 0.29) is 18.1 Å². The van der Waals surface area contributed by atoms with E-state index in [1.54, 1.807) is 11.0 Å². The van der Waals surface area contributed by atoms with Gasteiger partial charge in [-0.15, -0.1) is 0 Å². The van der Waals surface area contributed by atoms with Crippen molar-refractivity contribution in [1.82, 2.24) is 25.0 Å². The Morgan fingerprint density at radius 2 is 2.15 bits per heavy atom. The minimum atomic E-state index is -0.0673. The fourth-order valence-electron chi connectivity index (χ4n) is 3.87. The van der Waals surface area contributed by atoms with Crippen molar-refractivity contribution >= 4 is 5.91 Å².